The molecule has 2 amide bonds. The average molecular weight is 277 g/mol. The monoisotopic (exact) mass is 277 g/mol. The van der Waals surface area contributed by atoms with E-state index in [0.29, 0.717) is 25.4 Å². The maximum absolute atomic E-state index is 12.6. The fraction of sp³-hybridized carbons (Fsp3) is 0.643. The van der Waals surface area contributed by atoms with Crippen LogP contribution in [0.1, 0.15) is 36.3 Å². The van der Waals surface area contributed by atoms with Gasteiger partial charge in [-0.3, -0.25) is 9.59 Å². The summed E-state index contributed by atoms with van der Waals surface area (Å²) in [7, 11) is 0. The van der Waals surface area contributed by atoms with Crippen LogP contribution in [0.15, 0.2) is 4.52 Å². The Labute approximate surface area is 117 Å². The SMILES string of the molecule is Cc1noc(C)c1CN1CCC(=O)NC(C2CC2)C1=O. The summed E-state index contributed by atoms with van der Waals surface area (Å²) in [5.74, 6) is 1.05. The molecule has 20 heavy (non-hydrogen) atoms. The predicted molar refractivity (Wildman–Crippen MR) is 70.7 cm³/mol. The number of rotatable bonds is 3. The zero-order valence-corrected chi connectivity index (χ0v) is 11.8. The van der Waals surface area contributed by atoms with Crippen molar-refractivity contribution >= 4 is 11.8 Å². The molecule has 1 saturated carbocycles. The fourth-order valence-corrected chi connectivity index (χ4v) is 2.68. The summed E-state index contributed by atoms with van der Waals surface area (Å²) in [6, 6.07) is -0.342. The van der Waals surface area contributed by atoms with Crippen molar-refractivity contribution in [1.29, 1.82) is 0 Å². The molecule has 1 saturated heterocycles. The van der Waals surface area contributed by atoms with E-state index in [1.54, 1.807) is 4.90 Å². The van der Waals surface area contributed by atoms with E-state index in [-0.39, 0.29) is 17.9 Å². The quantitative estimate of drug-likeness (QED) is 0.891. The normalized spacial score (nSPS) is 23.7. The van der Waals surface area contributed by atoms with Crippen molar-refractivity contribution in [1.82, 2.24) is 15.4 Å². The van der Waals surface area contributed by atoms with E-state index in [4.69, 9.17) is 4.52 Å². The molecule has 0 aromatic carbocycles. The van der Waals surface area contributed by atoms with Gasteiger partial charge in [-0.25, -0.2) is 0 Å². The Kier molecular flexibility index (Phi) is 3.23. The lowest BCUT2D eigenvalue weighted by atomic mass is 10.1. The summed E-state index contributed by atoms with van der Waals surface area (Å²) in [5.41, 5.74) is 1.75. The molecular weight excluding hydrogens is 258 g/mol. The molecule has 1 N–H and O–H groups in total. The second-order valence-electron chi connectivity index (χ2n) is 5.70. The first-order chi connectivity index (χ1) is 9.56. The average Bonchev–Trinajstić information content (AvgIpc) is 3.21. The lowest BCUT2D eigenvalue weighted by Crippen LogP contribution is -2.45. The Morgan fingerprint density at radius 1 is 1.35 bits per heavy atom. The van der Waals surface area contributed by atoms with Gasteiger partial charge in [-0.1, -0.05) is 5.16 Å². The van der Waals surface area contributed by atoms with E-state index < -0.39 is 0 Å². The molecule has 2 fully saturated rings. The van der Waals surface area contributed by atoms with Gasteiger partial charge in [0.25, 0.3) is 0 Å². The summed E-state index contributed by atoms with van der Waals surface area (Å²) >= 11 is 0. The number of hydrogen-bond acceptors (Lipinski definition) is 4. The van der Waals surface area contributed by atoms with Crippen LogP contribution in [0.2, 0.25) is 0 Å². The van der Waals surface area contributed by atoms with E-state index in [9.17, 15) is 9.59 Å². The molecule has 3 rings (SSSR count). The molecule has 1 aliphatic carbocycles. The molecule has 1 aromatic rings. The molecular formula is C14H19N3O3. The molecule has 0 radical (unpaired) electrons. The standard InChI is InChI=1S/C14H19N3O3/c1-8-11(9(2)20-16-8)7-17-6-5-12(18)15-13(14(17)19)10-3-4-10/h10,13H,3-7H2,1-2H3,(H,15,18). The van der Waals surface area contributed by atoms with Gasteiger partial charge in [0.05, 0.1) is 12.2 Å². The summed E-state index contributed by atoms with van der Waals surface area (Å²) in [4.78, 5) is 26.1. The third kappa shape index (κ3) is 2.42. The van der Waals surface area contributed by atoms with Gasteiger partial charge < -0.3 is 14.7 Å². The molecule has 2 aliphatic rings. The van der Waals surface area contributed by atoms with Gasteiger partial charge in [0.15, 0.2) is 0 Å². The Balaban J connectivity index is 1.80. The van der Waals surface area contributed by atoms with Crippen molar-refractivity contribution in [2.24, 2.45) is 5.92 Å². The van der Waals surface area contributed by atoms with Crippen LogP contribution in [0.5, 0.6) is 0 Å². The summed E-state index contributed by atoms with van der Waals surface area (Å²) in [6.07, 6.45) is 2.41. The molecule has 1 aromatic heterocycles. The Bertz CT molecular complexity index is 528. The summed E-state index contributed by atoms with van der Waals surface area (Å²) < 4.78 is 5.14. The molecule has 0 bridgehead atoms. The highest BCUT2D eigenvalue weighted by molar-refractivity contribution is 5.90. The Morgan fingerprint density at radius 3 is 2.70 bits per heavy atom. The van der Waals surface area contributed by atoms with Crippen LogP contribution >= 0.6 is 0 Å². The van der Waals surface area contributed by atoms with Crippen LogP contribution in [0.25, 0.3) is 0 Å². The fourth-order valence-electron chi connectivity index (χ4n) is 2.68. The predicted octanol–water partition coefficient (Wildman–Crippen LogP) is 0.919. The van der Waals surface area contributed by atoms with Crippen LogP contribution < -0.4 is 5.32 Å². The molecule has 6 heteroatoms. The third-order valence-electron chi connectivity index (χ3n) is 4.13. The van der Waals surface area contributed by atoms with Gasteiger partial charge in [0, 0.05) is 18.5 Å². The second kappa shape index (κ2) is 4.92. The molecule has 2 heterocycles. The van der Waals surface area contributed by atoms with Gasteiger partial charge in [-0.05, 0) is 32.6 Å². The first-order valence-corrected chi connectivity index (χ1v) is 7.06. The number of carbonyl (C=O) groups is 2. The second-order valence-corrected chi connectivity index (χ2v) is 5.70. The summed E-state index contributed by atoms with van der Waals surface area (Å²) in [6.45, 7) is 4.64. The number of hydrogen-bond donors (Lipinski definition) is 1. The molecule has 1 aliphatic heterocycles. The van der Waals surface area contributed by atoms with Crippen LogP contribution in [-0.4, -0.2) is 34.5 Å². The van der Waals surface area contributed by atoms with Crippen molar-refractivity contribution < 1.29 is 14.1 Å². The highest BCUT2D eigenvalue weighted by Crippen LogP contribution is 2.34. The summed E-state index contributed by atoms with van der Waals surface area (Å²) in [5, 5.41) is 6.78. The zero-order valence-electron chi connectivity index (χ0n) is 11.8. The maximum Gasteiger partial charge on any atom is 0.245 e. The lowest BCUT2D eigenvalue weighted by Gasteiger charge is -2.23. The minimum absolute atomic E-state index is 0.0263. The van der Waals surface area contributed by atoms with Crippen LogP contribution in [0.3, 0.4) is 0 Å². The Hall–Kier alpha value is -1.85. The number of nitrogens with zero attached hydrogens (tertiary/aromatic N) is 2. The Morgan fingerprint density at radius 2 is 2.10 bits per heavy atom. The van der Waals surface area contributed by atoms with Gasteiger partial charge in [0.2, 0.25) is 11.8 Å². The number of aromatic nitrogens is 1. The van der Waals surface area contributed by atoms with Crippen molar-refractivity contribution in [2.45, 2.75) is 45.7 Å². The van der Waals surface area contributed by atoms with E-state index in [2.05, 4.69) is 10.5 Å². The highest BCUT2D eigenvalue weighted by Gasteiger charge is 2.41. The van der Waals surface area contributed by atoms with Crippen molar-refractivity contribution in [2.75, 3.05) is 6.54 Å². The van der Waals surface area contributed by atoms with Crippen molar-refractivity contribution in [3.63, 3.8) is 0 Å². The molecule has 0 spiro atoms. The number of nitrogens with one attached hydrogen (secondary N) is 1. The molecule has 108 valence electrons. The van der Waals surface area contributed by atoms with E-state index in [1.165, 1.54) is 0 Å². The first-order valence-electron chi connectivity index (χ1n) is 7.06. The number of carbonyl (C=O) groups excluding carboxylic acids is 2. The minimum Gasteiger partial charge on any atom is -0.361 e. The highest BCUT2D eigenvalue weighted by atomic mass is 16.5. The third-order valence-corrected chi connectivity index (χ3v) is 4.13. The maximum atomic E-state index is 12.6. The zero-order chi connectivity index (χ0) is 14.3. The van der Waals surface area contributed by atoms with E-state index >= 15 is 0 Å². The van der Waals surface area contributed by atoms with Crippen molar-refractivity contribution in [3.05, 3.63) is 17.0 Å². The topological polar surface area (TPSA) is 75.4 Å². The lowest BCUT2D eigenvalue weighted by molar-refractivity contribution is -0.134. The molecule has 1 unspecified atom stereocenters. The first kappa shape index (κ1) is 13.1. The van der Waals surface area contributed by atoms with E-state index in [1.807, 2.05) is 13.8 Å². The largest absolute Gasteiger partial charge is 0.361 e. The number of amides is 2. The van der Waals surface area contributed by atoms with Crippen LogP contribution in [-0.2, 0) is 16.1 Å². The van der Waals surface area contributed by atoms with Gasteiger partial charge in [-0.2, -0.15) is 0 Å². The van der Waals surface area contributed by atoms with Gasteiger partial charge in [0.1, 0.15) is 11.8 Å². The smallest absolute Gasteiger partial charge is 0.245 e. The molecule has 6 nitrogen and oxygen atoms in total. The van der Waals surface area contributed by atoms with E-state index in [0.717, 1.165) is 29.9 Å². The van der Waals surface area contributed by atoms with Crippen molar-refractivity contribution in [3.8, 4) is 0 Å². The van der Waals surface area contributed by atoms with Crippen LogP contribution in [0.4, 0.5) is 0 Å². The molecule has 1 atom stereocenters. The van der Waals surface area contributed by atoms with Crippen LogP contribution in [0, 0.1) is 19.8 Å². The van der Waals surface area contributed by atoms with Gasteiger partial charge >= 0.3 is 0 Å². The minimum atomic E-state index is -0.342. The van der Waals surface area contributed by atoms with Gasteiger partial charge in [-0.15, -0.1) is 0 Å². The number of aryl methyl sites for hydroxylation is 2.